The molecule has 0 aliphatic carbocycles. The summed E-state index contributed by atoms with van der Waals surface area (Å²) >= 11 is 0. The van der Waals surface area contributed by atoms with Crippen molar-refractivity contribution in [2.24, 2.45) is 7.05 Å². The number of aromatic nitrogens is 2. The second-order valence-electron chi connectivity index (χ2n) is 8.34. The van der Waals surface area contributed by atoms with Crippen LogP contribution in [0.4, 0.5) is 4.39 Å². The Kier molecular flexibility index (Phi) is 6.55. The van der Waals surface area contributed by atoms with E-state index in [1.54, 1.807) is 26.1 Å². The zero-order valence-corrected chi connectivity index (χ0v) is 19.3. The Hall–Kier alpha value is -2.63. The van der Waals surface area contributed by atoms with Gasteiger partial charge in [0, 0.05) is 33.1 Å². The van der Waals surface area contributed by atoms with E-state index < -0.39 is 32.7 Å². The summed E-state index contributed by atoms with van der Waals surface area (Å²) in [6, 6.07) is 5.70. The number of sulfonamides is 1. The fourth-order valence-corrected chi connectivity index (χ4v) is 4.77. The van der Waals surface area contributed by atoms with E-state index in [-0.39, 0.29) is 36.7 Å². The lowest BCUT2D eigenvalue weighted by atomic mass is 9.95. The predicted octanol–water partition coefficient (Wildman–Crippen LogP) is 0.863. The first-order valence-corrected chi connectivity index (χ1v) is 11.9. The minimum atomic E-state index is -3.48. The van der Waals surface area contributed by atoms with Crippen LogP contribution in [0.1, 0.15) is 35.2 Å². The molecule has 1 aromatic heterocycles. The maximum Gasteiger partial charge on any atom is 0.296 e. The molecule has 1 saturated heterocycles. The fourth-order valence-electron chi connectivity index (χ4n) is 3.87. The molecular weight excluding hydrogens is 439 g/mol. The van der Waals surface area contributed by atoms with Crippen LogP contribution in [-0.4, -0.2) is 71.0 Å². The van der Waals surface area contributed by atoms with E-state index in [0.29, 0.717) is 13.1 Å². The Morgan fingerprint density at radius 3 is 2.44 bits per heavy atom. The van der Waals surface area contributed by atoms with Gasteiger partial charge in [-0.25, -0.2) is 17.8 Å². The number of ketones is 1. The third kappa shape index (κ3) is 4.59. The number of aromatic hydroxyl groups is 1. The second-order valence-corrected chi connectivity index (χ2v) is 10.3. The third-order valence-electron chi connectivity index (χ3n) is 6.05. The van der Waals surface area contributed by atoms with Gasteiger partial charge in [-0.2, -0.15) is 4.31 Å². The largest absolute Gasteiger partial charge is 0.501 e. The second kappa shape index (κ2) is 8.72. The minimum absolute atomic E-state index is 0.0383. The number of piperazine rings is 1. The maximum absolute atomic E-state index is 13.1. The standard InChI is InChI=1S/C21H27FN4O5S/c1-21(13-26(32(4,30)31)12-11-24(21)2)20-23-17(18(28)19(29)25(20)3)16(27)10-7-14-5-8-15(22)9-6-14/h5-6,8-9,28H,7,10-13H2,1-4H3. The van der Waals surface area contributed by atoms with Gasteiger partial charge >= 0.3 is 0 Å². The first-order chi connectivity index (χ1) is 14.8. The van der Waals surface area contributed by atoms with E-state index in [0.717, 1.165) is 16.4 Å². The van der Waals surface area contributed by atoms with E-state index in [9.17, 15) is 27.5 Å². The molecule has 0 saturated carbocycles. The number of benzene rings is 1. The van der Waals surface area contributed by atoms with E-state index in [1.165, 1.54) is 23.5 Å². The predicted molar refractivity (Wildman–Crippen MR) is 117 cm³/mol. The highest BCUT2D eigenvalue weighted by molar-refractivity contribution is 7.88. The highest BCUT2D eigenvalue weighted by Crippen LogP contribution is 2.31. The number of hydrogen-bond acceptors (Lipinski definition) is 7. The van der Waals surface area contributed by atoms with E-state index >= 15 is 0 Å². The van der Waals surface area contributed by atoms with Gasteiger partial charge in [0.25, 0.3) is 5.56 Å². The van der Waals surface area contributed by atoms with Crippen LogP contribution in [0.2, 0.25) is 0 Å². The van der Waals surface area contributed by atoms with Gasteiger partial charge < -0.3 is 5.11 Å². The maximum atomic E-state index is 13.1. The van der Waals surface area contributed by atoms with Crippen molar-refractivity contribution in [2.45, 2.75) is 25.3 Å². The lowest BCUT2D eigenvalue weighted by Gasteiger charge is -2.46. The summed E-state index contributed by atoms with van der Waals surface area (Å²) in [4.78, 5) is 31.8. The molecule has 174 valence electrons. The van der Waals surface area contributed by atoms with Crippen molar-refractivity contribution >= 4 is 15.8 Å². The summed E-state index contributed by atoms with van der Waals surface area (Å²) in [6.45, 7) is 2.47. The molecule has 1 unspecified atom stereocenters. The topological polar surface area (TPSA) is 113 Å². The number of carbonyl (C=O) groups is 1. The molecule has 2 aromatic rings. The SMILES string of the molecule is CN1CCN(S(C)(=O)=O)CC1(C)c1nc(C(=O)CCc2ccc(F)cc2)c(O)c(=O)n1C. The van der Waals surface area contributed by atoms with Crippen LogP contribution in [-0.2, 0) is 29.0 Å². The molecule has 9 nitrogen and oxygen atoms in total. The van der Waals surface area contributed by atoms with Gasteiger partial charge in [-0.15, -0.1) is 0 Å². The monoisotopic (exact) mass is 466 g/mol. The molecule has 1 atom stereocenters. The average molecular weight is 467 g/mol. The molecule has 1 aromatic carbocycles. The minimum Gasteiger partial charge on any atom is -0.501 e. The Balaban J connectivity index is 1.98. The first-order valence-electron chi connectivity index (χ1n) is 10.1. The molecule has 1 aliphatic rings. The quantitative estimate of drug-likeness (QED) is 0.629. The molecule has 11 heteroatoms. The molecule has 2 heterocycles. The van der Waals surface area contributed by atoms with Gasteiger partial charge in [0.2, 0.25) is 15.8 Å². The summed E-state index contributed by atoms with van der Waals surface area (Å²) in [7, 11) is -0.267. The molecule has 0 bridgehead atoms. The van der Waals surface area contributed by atoms with E-state index in [2.05, 4.69) is 4.98 Å². The molecule has 0 amide bonds. The molecule has 1 N–H and O–H groups in total. The highest BCUT2D eigenvalue weighted by atomic mass is 32.2. The first kappa shape index (κ1) is 24.0. The lowest BCUT2D eigenvalue weighted by molar-refractivity contribution is 0.0519. The van der Waals surface area contributed by atoms with Gasteiger partial charge in [-0.1, -0.05) is 12.1 Å². The lowest BCUT2D eigenvalue weighted by Crippen LogP contribution is -2.60. The van der Waals surface area contributed by atoms with Crippen molar-refractivity contribution in [3.05, 3.63) is 57.5 Å². The van der Waals surface area contributed by atoms with Crippen molar-refractivity contribution in [3.63, 3.8) is 0 Å². The Morgan fingerprint density at radius 2 is 1.84 bits per heavy atom. The zero-order valence-electron chi connectivity index (χ0n) is 18.5. The van der Waals surface area contributed by atoms with Gasteiger partial charge in [0.05, 0.1) is 11.8 Å². The number of Topliss-reactive ketones (excluding diaryl/α,β-unsaturated/α-hetero) is 1. The van der Waals surface area contributed by atoms with Crippen molar-refractivity contribution in [3.8, 4) is 5.75 Å². The van der Waals surface area contributed by atoms with Crippen molar-refractivity contribution in [1.29, 1.82) is 0 Å². The van der Waals surface area contributed by atoms with E-state index in [1.807, 2.05) is 4.90 Å². The van der Waals surface area contributed by atoms with Crippen LogP contribution in [0.5, 0.6) is 5.75 Å². The Labute approximate surface area is 186 Å². The van der Waals surface area contributed by atoms with Gasteiger partial charge in [-0.05, 0) is 38.1 Å². The molecule has 1 aliphatic heterocycles. The number of aryl methyl sites for hydroxylation is 1. The molecule has 1 fully saturated rings. The summed E-state index contributed by atoms with van der Waals surface area (Å²) in [5, 5.41) is 10.4. The van der Waals surface area contributed by atoms with Gasteiger partial charge in [-0.3, -0.25) is 19.1 Å². The Morgan fingerprint density at radius 1 is 1.22 bits per heavy atom. The number of halogens is 1. The fraction of sp³-hybridized carbons (Fsp3) is 0.476. The van der Waals surface area contributed by atoms with Crippen molar-refractivity contribution < 1.29 is 22.7 Å². The summed E-state index contributed by atoms with van der Waals surface area (Å²) in [6.07, 6.45) is 1.36. The zero-order chi connectivity index (χ0) is 23.8. The van der Waals surface area contributed by atoms with Crippen LogP contribution in [0.3, 0.4) is 0 Å². The smallest absolute Gasteiger partial charge is 0.296 e. The number of likely N-dealkylation sites (N-methyl/N-ethyl adjacent to an activating group) is 1. The normalized spacial score (nSPS) is 20.4. The summed E-state index contributed by atoms with van der Waals surface area (Å²) < 4.78 is 39.8. The van der Waals surface area contributed by atoms with Crippen LogP contribution < -0.4 is 5.56 Å². The van der Waals surface area contributed by atoms with Gasteiger partial charge in [0.15, 0.2) is 11.5 Å². The molecule has 3 rings (SSSR count). The van der Waals surface area contributed by atoms with Crippen LogP contribution in [0.15, 0.2) is 29.1 Å². The highest BCUT2D eigenvalue weighted by Gasteiger charge is 2.43. The summed E-state index contributed by atoms with van der Waals surface area (Å²) in [5.41, 5.74) is -1.41. The van der Waals surface area contributed by atoms with Crippen LogP contribution in [0, 0.1) is 5.82 Å². The van der Waals surface area contributed by atoms with Crippen molar-refractivity contribution in [2.75, 3.05) is 32.9 Å². The molecule has 0 spiro atoms. The Bertz CT molecular complexity index is 1200. The number of nitrogens with zero attached hydrogens (tertiary/aromatic N) is 4. The number of rotatable bonds is 6. The third-order valence-corrected chi connectivity index (χ3v) is 7.30. The van der Waals surface area contributed by atoms with Crippen LogP contribution >= 0.6 is 0 Å². The summed E-state index contributed by atoms with van der Waals surface area (Å²) in [5.74, 6) is -1.49. The number of carbonyl (C=O) groups excluding carboxylic acids is 1. The van der Waals surface area contributed by atoms with E-state index in [4.69, 9.17) is 0 Å². The van der Waals surface area contributed by atoms with Crippen LogP contribution in [0.25, 0.3) is 0 Å². The van der Waals surface area contributed by atoms with Gasteiger partial charge in [0.1, 0.15) is 11.6 Å². The molecule has 0 radical (unpaired) electrons. The molecular formula is C21H27FN4O5S. The molecule has 32 heavy (non-hydrogen) atoms. The number of hydrogen-bond donors (Lipinski definition) is 1. The average Bonchev–Trinajstić information content (AvgIpc) is 2.72. The van der Waals surface area contributed by atoms with Crippen molar-refractivity contribution in [1.82, 2.24) is 18.8 Å².